The van der Waals surface area contributed by atoms with Crippen LogP contribution in [0, 0.1) is 0 Å². The van der Waals surface area contributed by atoms with Crippen molar-refractivity contribution in [3.63, 3.8) is 0 Å². The van der Waals surface area contributed by atoms with Gasteiger partial charge in [-0.3, -0.25) is 9.59 Å². The molecule has 35 heavy (non-hydrogen) atoms. The summed E-state index contributed by atoms with van der Waals surface area (Å²) in [5.74, 6) is -0.144. The van der Waals surface area contributed by atoms with Gasteiger partial charge in [0.05, 0.1) is 5.02 Å². The molecule has 0 aliphatic heterocycles. The second-order valence-corrected chi connectivity index (χ2v) is 8.25. The van der Waals surface area contributed by atoms with Crippen LogP contribution in [0.4, 0.5) is 5.69 Å². The minimum atomic E-state index is -0.441. The summed E-state index contributed by atoms with van der Waals surface area (Å²) >= 11 is 6.51. The molecule has 166 valence electrons. The molecule has 0 atom stereocenters. The molecule has 2 aromatic carbocycles. The second-order valence-electron chi connectivity index (χ2n) is 7.85. The van der Waals surface area contributed by atoms with Crippen molar-refractivity contribution in [3.8, 4) is 11.4 Å². The first-order chi connectivity index (χ1) is 17.0. The topological polar surface area (TPSA) is 114 Å². The highest BCUT2D eigenvalue weighted by atomic mass is 35.5. The van der Waals surface area contributed by atoms with Crippen LogP contribution in [0.3, 0.4) is 0 Å². The summed E-state index contributed by atoms with van der Waals surface area (Å²) < 4.78 is 5.64. The number of hydrogen-bond donors (Lipinski definition) is 2. The number of nitrogens with zero attached hydrogens (tertiary/aromatic N) is 3. The van der Waals surface area contributed by atoms with Gasteiger partial charge in [-0.15, -0.1) is 0 Å². The molecule has 2 N–H and O–H groups in total. The van der Waals surface area contributed by atoms with E-state index in [4.69, 9.17) is 23.9 Å². The highest BCUT2D eigenvalue weighted by molar-refractivity contribution is 6.34. The average Bonchev–Trinajstić information content (AvgIpc) is 3.22. The first-order valence-electron chi connectivity index (χ1n) is 10.5. The maximum Gasteiger partial charge on any atom is 0.294 e. The van der Waals surface area contributed by atoms with E-state index in [1.165, 1.54) is 0 Å². The number of carbonyl (C=O) groups is 1. The molecule has 0 bridgehead atoms. The number of aromatic amines is 1. The zero-order chi connectivity index (χ0) is 24.1. The molecule has 0 spiro atoms. The van der Waals surface area contributed by atoms with E-state index in [0.29, 0.717) is 38.8 Å². The highest BCUT2D eigenvalue weighted by Crippen LogP contribution is 2.30. The molecule has 0 fully saturated rings. The Bertz CT molecular complexity index is 1860. The molecular weight excluding hydrogens is 465 g/mol. The molecule has 0 aliphatic rings. The van der Waals surface area contributed by atoms with E-state index in [0.717, 1.165) is 5.39 Å². The molecule has 0 aliphatic carbocycles. The molecule has 6 aromatic rings. The molecule has 8 nitrogen and oxygen atoms in total. The second kappa shape index (κ2) is 8.07. The first-order valence-corrected chi connectivity index (χ1v) is 10.9. The number of fused-ring (bicyclic) bond motifs is 4. The largest absolute Gasteiger partial charge is 0.449 e. The highest BCUT2D eigenvalue weighted by Gasteiger charge is 2.16. The Morgan fingerprint density at radius 3 is 2.80 bits per heavy atom. The smallest absolute Gasteiger partial charge is 0.294 e. The summed E-state index contributed by atoms with van der Waals surface area (Å²) in [4.78, 5) is 41.1. The quantitative estimate of drug-likeness (QED) is 0.373. The van der Waals surface area contributed by atoms with Crippen molar-refractivity contribution in [1.29, 1.82) is 0 Å². The van der Waals surface area contributed by atoms with E-state index in [2.05, 4.69) is 25.3 Å². The van der Waals surface area contributed by atoms with Crippen LogP contribution in [-0.2, 0) is 0 Å². The van der Waals surface area contributed by atoms with Gasteiger partial charge in [0.25, 0.3) is 11.5 Å². The number of anilines is 1. The van der Waals surface area contributed by atoms with Crippen molar-refractivity contribution < 1.29 is 9.21 Å². The number of carbonyl (C=O) groups excluding carboxylic acids is 1. The van der Waals surface area contributed by atoms with Gasteiger partial charge in [-0.2, -0.15) is 0 Å². The van der Waals surface area contributed by atoms with E-state index in [-0.39, 0.29) is 22.1 Å². The predicted molar refractivity (Wildman–Crippen MR) is 135 cm³/mol. The first kappa shape index (κ1) is 21.1. The fraction of sp³-hybridized carbons (Fsp3) is 0. The molecule has 4 heterocycles. The molecule has 4 aromatic heterocycles. The Morgan fingerprint density at radius 2 is 1.94 bits per heavy atom. The van der Waals surface area contributed by atoms with Crippen LogP contribution in [0.25, 0.3) is 44.5 Å². The summed E-state index contributed by atoms with van der Waals surface area (Å²) in [5.41, 5.74) is 2.72. The third-order valence-corrected chi connectivity index (χ3v) is 5.84. The maximum absolute atomic E-state index is 12.7. The van der Waals surface area contributed by atoms with Crippen molar-refractivity contribution in [3.05, 3.63) is 87.9 Å². The SMILES string of the molecule is [B]c1ccc2oc3c(=O)[nH]c(-c4ccc(NC(=O)c5ccc6cccnc6n5)cc4Cl)nc3c2c1. The van der Waals surface area contributed by atoms with Crippen molar-refractivity contribution in [1.82, 2.24) is 19.9 Å². The van der Waals surface area contributed by atoms with Crippen molar-refractivity contribution in [2.24, 2.45) is 0 Å². The van der Waals surface area contributed by atoms with Gasteiger partial charge >= 0.3 is 0 Å². The number of H-pyrrole nitrogens is 1. The lowest BCUT2D eigenvalue weighted by molar-refractivity contribution is 0.102. The monoisotopic (exact) mass is 477 g/mol. The Hall–Kier alpha value is -4.50. The van der Waals surface area contributed by atoms with E-state index in [1.807, 2.05) is 6.07 Å². The molecule has 2 radical (unpaired) electrons. The fourth-order valence-electron chi connectivity index (χ4n) is 3.86. The van der Waals surface area contributed by atoms with Crippen LogP contribution < -0.4 is 16.3 Å². The molecular formula is C25H13BClN5O3. The van der Waals surface area contributed by atoms with Crippen LogP contribution in [0.2, 0.25) is 5.02 Å². The summed E-state index contributed by atoms with van der Waals surface area (Å²) in [6.45, 7) is 0. The van der Waals surface area contributed by atoms with Gasteiger partial charge in [0, 0.05) is 28.2 Å². The molecule has 6 rings (SSSR count). The van der Waals surface area contributed by atoms with E-state index in [9.17, 15) is 9.59 Å². The van der Waals surface area contributed by atoms with Crippen molar-refractivity contribution in [2.45, 2.75) is 0 Å². The maximum atomic E-state index is 12.7. The zero-order valence-corrected chi connectivity index (χ0v) is 18.6. The number of pyridine rings is 2. The third kappa shape index (κ3) is 3.72. The zero-order valence-electron chi connectivity index (χ0n) is 17.9. The van der Waals surface area contributed by atoms with Gasteiger partial charge in [0.1, 0.15) is 30.5 Å². The third-order valence-electron chi connectivity index (χ3n) is 5.53. The number of aromatic nitrogens is 4. The number of nitrogens with one attached hydrogen (secondary N) is 2. The van der Waals surface area contributed by atoms with Gasteiger partial charge < -0.3 is 14.7 Å². The van der Waals surface area contributed by atoms with Gasteiger partial charge in [-0.05, 0) is 48.5 Å². The normalized spacial score (nSPS) is 11.3. The molecule has 0 saturated carbocycles. The van der Waals surface area contributed by atoms with Crippen LogP contribution in [0.15, 0.2) is 76.1 Å². The van der Waals surface area contributed by atoms with E-state index in [1.54, 1.807) is 60.8 Å². The lowest BCUT2D eigenvalue weighted by Crippen LogP contribution is -2.14. The summed E-state index contributed by atoms with van der Waals surface area (Å²) in [6, 6.07) is 17.1. The number of hydrogen-bond acceptors (Lipinski definition) is 6. The number of rotatable bonds is 3. The molecule has 0 saturated heterocycles. The van der Waals surface area contributed by atoms with Crippen LogP contribution >= 0.6 is 11.6 Å². The molecule has 10 heteroatoms. The molecule has 1 amide bonds. The number of halogens is 1. The van der Waals surface area contributed by atoms with Gasteiger partial charge in [0.15, 0.2) is 5.65 Å². The van der Waals surface area contributed by atoms with Crippen molar-refractivity contribution >= 4 is 69.6 Å². The van der Waals surface area contributed by atoms with Crippen LogP contribution in [0.1, 0.15) is 10.5 Å². The number of furan rings is 1. The Labute approximate surface area is 203 Å². The Balaban J connectivity index is 1.34. The van der Waals surface area contributed by atoms with Crippen LogP contribution in [0.5, 0.6) is 0 Å². The summed E-state index contributed by atoms with van der Waals surface area (Å²) in [7, 11) is 5.89. The average molecular weight is 478 g/mol. The number of amides is 1. The van der Waals surface area contributed by atoms with E-state index < -0.39 is 11.5 Å². The van der Waals surface area contributed by atoms with Gasteiger partial charge in [-0.1, -0.05) is 29.2 Å². The standard InChI is InChI=1S/C25H13BClN5O3/c26-13-4-8-19-16(10-13)20-21(35-19)25(34)32-23(31-20)15-6-5-14(11-17(15)27)29-24(33)18-7-3-12-2-1-9-28-22(12)30-18/h1-11H,(H,29,33)(H,31,32,34). The fourth-order valence-corrected chi connectivity index (χ4v) is 4.13. The number of benzene rings is 2. The minimum Gasteiger partial charge on any atom is -0.449 e. The van der Waals surface area contributed by atoms with Crippen molar-refractivity contribution in [2.75, 3.05) is 5.32 Å². The van der Waals surface area contributed by atoms with E-state index >= 15 is 0 Å². The Kier molecular flexibility index (Phi) is 4.86. The summed E-state index contributed by atoms with van der Waals surface area (Å²) in [6.07, 6.45) is 1.62. The predicted octanol–water partition coefficient (Wildman–Crippen LogP) is 3.98. The lowest BCUT2D eigenvalue weighted by Gasteiger charge is -2.09. The Morgan fingerprint density at radius 1 is 1.06 bits per heavy atom. The van der Waals surface area contributed by atoms with Crippen LogP contribution in [-0.4, -0.2) is 33.7 Å². The summed E-state index contributed by atoms with van der Waals surface area (Å²) in [5, 5.41) is 4.52. The minimum absolute atomic E-state index is 0.103. The van der Waals surface area contributed by atoms with Gasteiger partial charge in [-0.25, -0.2) is 15.0 Å². The molecule has 0 unspecified atom stereocenters. The lowest BCUT2D eigenvalue weighted by atomic mass is 9.95. The van der Waals surface area contributed by atoms with Gasteiger partial charge in [0.2, 0.25) is 5.58 Å².